The second-order valence-corrected chi connectivity index (χ2v) is 4.91. The summed E-state index contributed by atoms with van der Waals surface area (Å²) < 4.78 is 11.0. The van der Waals surface area contributed by atoms with Gasteiger partial charge in [0.1, 0.15) is 5.75 Å². The third-order valence-corrected chi connectivity index (χ3v) is 2.17. The van der Waals surface area contributed by atoms with Gasteiger partial charge < -0.3 is 9.16 Å². The maximum Gasteiger partial charge on any atom is 0.204 e. The third kappa shape index (κ3) is 3.42. The summed E-state index contributed by atoms with van der Waals surface area (Å²) in [5, 5.41) is 0. The summed E-state index contributed by atoms with van der Waals surface area (Å²) in [4.78, 5) is 0. The summed E-state index contributed by atoms with van der Waals surface area (Å²) in [5.74, 6) is 1.70. The minimum Gasteiger partial charge on any atom is -0.551 e. The molecule has 14 heavy (non-hydrogen) atoms. The molecule has 0 aromatic heterocycles. The SMILES string of the molecule is CC(C)(C)COc1ccccc1O[SiH3]. The van der Waals surface area contributed by atoms with Crippen molar-refractivity contribution < 1.29 is 9.16 Å². The maximum atomic E-state index is 5.69. The van der Waals surface area contributed by atoms with Crippen molar-refractivity contribution in [3.8, 4) is 11.5 Å². The zero-order valence-electron chi connectivity index (χ0n) is 9.33. The summed E-state index contributed by atoms with van der Waals surface area (Å²) in [6, 6.07) is 7.79. The van der Waals surface area contributed by atoms with Crippen LogP contribution < -0.4 is 9.16 Å². The van der Waals surface area contributed by atoms with Crippen LogP contribution in [0.15, 0.2) is 24.3 Å². The van der Waals surface area contributed by atoms with Crippen molar-refractivity contribution in [3.05, 3.63) is 24.3 Å². The van der Waals surface area contributed by atoms with Crippen molar-refractivity contribution in [1.29, 1.82) is 0 Å². The molecule has 0 fully saturated rings. The van der Waals surface area contributed by atoms with Crippen molar-refractivity contribution in [1.82, 2.24) is 0 Å². The first-order valence-electron chi connectivity index (χ1n) is 4.79. The molecule has 0 N–H and O–H groups in total. The predicted octanol–water partition coefficient (Wildman–Crippen LogP) is 1.77. The van der Waals surface area contributed by atoms with Gasteiger partial charge in [-0.3, -0.25) is 0 Å². The van der Waals surface area contributed by atoms with Gasteiger partial charge in [0.2, 0.25) is 10.5 Å². The lowest BCUT2D eigenvalue weighted by molar-refractivity contribution is 0.194. The van der Waals surface area contributed by atoms with E-state index in [0.29, 0.717) is 17.1 Å². The van der Waals surface area contributed by atoms with Crippen LogP contribution in [0, 0.1) is 5.41 Å². The van der Waals surface area contributed by atoms with E-state index in [-0.39, 0.29) is 5.41 Å². The fraction of sp³-hybridized carbons (Fsp3) is 0.455. The summed E-state index contributed by atoms with van der Waals surface area (Å²) >= 11 is 0. The molecule has 0 bridgehead atoms. The van der Waals surface area contributed by atoms with Crippen LogP contribution in [0.5, 0.6) is 11.5 Å². The quantitative estimate of drug-likeness (QED) is 0.708. The summed E-state index contributed by atoms with van der Waals surface area (Å²) in [5.41, 5.74) is 0.179. The number of hydrogen-bond donors (Lipinski definition) is 0. The smallest absolute Gasteiger partial charge is 0.204 e. The largest absolute Gasteiger partial charge is 0.551 e. The lowest BCUT2D eigenvalue weighted by Crippen LogP contribution is -2.17. The first kappa shape index (κ1) is 11.1. The van der Waals surface area contributed by atoms with Crippen LogP contribution in [-0.4, -0.2) is 17.1 Å². The van der Waals surface area contributed by atoms with Gasteiger partial charge in [-0.05, 0) is 17.5 Å². The highest BCUT2D eigenvalue weighted by molar-refractivity contribution is 6.00. The minimum atomic E-state index is 0.179. The van der Waals surface area contributed by atoms with Crippen LogP contribution in [0.1, 0.15) is 20.8 Å². The van der Waals surface area contributed by atoms with Gasteiger partial charge >= 0.3 is 0 Å². The van der Waals surface area contributed by atoms with E-state index in [1.165, 1.54) is 0 Å². The Morgan fingerprint density at radius 2 is 1.71 bits per heavy atom. The summed E-state index contributed by atoms with van der Waals surface area (Å²) in [6.45, 7) is 7.15. The van der Waals surface area contributed by atoms with Crippen molar-refractivity contribution in [3.63, 3.8) is 0 Å². The molecular formula is C11H18O2Si. The molecule has 0 radical (unpaired) electrons. The number of benzene rings is 1. The second-order valence-electron chi connectivity index (χ2n) is 4.50. The van der Waals surface area contributed by atoms with E-state index in [9.17, 15) is 0 Å². The van der Waals surface area contributed by atoms with Gasteiger partial charge in [0.15, 0.2) is 5.75 Å². The molecule has 0 heterocycles. The average molecular weight is 210 g/mol. The predicted molar refractivity (Wildman–Crippen MR) is 62.0 cm³/mol. The Hall–Kier alpha value is -0.963. The van der Waals surface area contributed by atoms with Gasteiger partial charge in [-0.25, -0.2) is 0 Å². The molecule has 1 aromatic rings. The zero-order valence-corrected chi connectivity index (χ0v) is 11.3. The molecular weight excluding hydrogens is 192 g/mol. The Balaban J connectivity index is 2.67. The molecule has 0 amide bonds. The molecule has 2 nitrogen and oxygen atoms in total. The molecule has 0 aliphatic rings. The first-order chi connectivity index (χ1) is 6.53. The van der Waals surface area contributed by atoms with Gasteiger partial charge in [0.05, 0.1) is 6.61 Å². The van der Waals surface area contributed by atoms with Crippen LogP contribution in [-0.2, 0) is 0 Å². The average Bonchev–Trinajstić information content (AvgIpc) is 2.14. The first-order valence-corrected chi connectivity index (χ1v) is 5.60. The molecule has 0 aliphatic carbocycles. The Labute approximate surface area is 88.8 Å². The fourth-order valence-corrected chi connectivity index (χ4v) is 1.37. The Morgan fingerprint density at radius 1 is 1.14 bits per heavy atom. The Kier molecular flexibility index (Phi) is 3.58. The van der Waals surface area contributed by atoms with Crippen molar-refractivity contribution >= 4 is 10.5 Å². The monoisotopic (exact) mass is 210 g/mol. The number of ether oxygens (including phenoxy) is 1. The van der Waals surface area contributed by atoms with Gasteiger partial charge in [-0.2, -0.15) is 0 Å². The lowest BCUT2D eigenvalue weighted by Gasteiger charge is -2.19. The van der Waals surface area contributed by atoms with Gasteiger partial charge in [-0.15, -0.1) is 0 Å². The normalized spacial score (nSPS) is 11.4. The number of para-hydroxylation sites is 2. The van der Waals surface area contributed by atoms with Crippen LogP contribution in [0.3, 0.4) is 0 Å². The topological polar surface area (TPSA) is 18.5 Å². The third-order valence-electron chi connectivity index (χ3n) is 1.73. The molecule has 0 saturated carbocycles. The highest BCUT2D eigenvalue weighted by Crippen LogP contribution is 2.27. The number of hydrogen-bond acceptors (Lipinski definition) is 2. The summed E-state index contributed by atoms with van der Waals surface area (Å²) in [7, 11) is 0.692. The molecule has 78 valence electrons. The Bertz CT molecular complexity index is 292. The van der Waals surface area contributed by atoms with E-state index in [1.54, 1.807) is 0 Å². The highest BCUT2D eigenvalue weighted by Gasteiger charge is 2.12. The molecule has 0 unspecified atom stereocenters. The number of rotatable bonds is 3. The Morgan fingerprint density at radius 3 is 2.21 bits per heavy atom. The molecule has 1 aromatic carbocycles. The molecule has 0 spiro atoms. The second kappa shape index (κ2) is 4.51. The molecule has 0 atom stereocenters. The summed E-state index contributed by atoms with van der Waals surface area (Å²) in [6.07, 6.45) is 0. The van der Waals surface area contributed by atoms with E-state index < -0.39 is 0 Å². The van der Waals surface area contributed by atoms with E-state index in [2.05, 4.69) is 20.8 Å². The van der Waals surface area contributed by atoms with Crippen molar-refractivity contribution in [2.45, 2.75) is 20.8 Å². The zero-order chi connectivity index (χ0) is 10.6. The van der Waals surface area contributed by atoms with Crippen LogP contribution in [0.2, 0.25) is 0 Å². The van der Waals surface area contributed by atoms with E-state index >= 15 is 0 Å². The van der Waals surface area contributed by atoms with E-state index in [1.807, 2.05) is 24.3 Å². The van der Waals surface area contributed by atoms with Crippen LogP contribution >= 0.6 is 0 Å². The van der Waals surface area contributed by atoms with Crippen molar-refractivity contribution in [2.24, 2.45) is 5.41 Å². The standard InChI is InChI=1S/C11H18O2Si/c1-11(2,3)8-12-9-6-4-5-7-10(9)13-14/h4-7H,8H2,1-3,14H3. The van der Waals surface area contributed by atoms with Gasteiger partial charge in [-0.1, -0.05) is 32.9 Å². The highest BCUT2D eigenvalue weighted by atomic mass is 28.2. The van der Waals surface area contributed by atoms with E-state index in [0.717, 1.165) is 11.5 Å². The van der Waals surface area contributed by atoms with E-state index in [4.69, 9.17) is 9.16 Å². The molecule has 0 aliphatic heterocycles. The lowest BCUT2D eigenvalue weighted by atomic mass is 9.99. The molecule has 0 saturated heterocycles. The molecule has 1 rings (SSSR count). The van der Waals surface area contributed by atoms with Gasteiger partial charge in [0, 0.05) is 0 Å². The maximum absolute atomic E-state index is 5.69. The fourth-order valence-electron chi connectivity index (χ4n) is 1.03. The molecule has 3 heteroatoms. The van der Waals surface area contributed by atoms with Crippen LogP contribution in [0.4, 0.5) is 0 Å². The van der Waals surface area contributed by atoms with Crippen LogP contribution in [0.25, 0.3) is 0 Å². The van der Waals surface area contributed by atoms with Crippen molar-refractivity contribution in [2.75, 3.05) is 6.61 Å². The van der Waals surface area contributed by atoms with Gasteiger partial charge in [0.25, 0.3) is 0 Å². The minimum absolute atomic E-state index is 0.179.